The molecule has 5 nitrogen and oxygen atoms in total. The number of aromatic carboxylic acids is 1. The van der Waals surface area contributed by atoms with Crippen molar-refractivity contribution in [3.8, 4) is 0 Å². The van der Waals surface area contributed by atoms with Crippen molar-refractivity contribution in [2.45, 2.75) is 43.5 Å². The fourth-order valence-corrected chi connectivity index (χ4v) is 5.10. The largest absolute Gasteiger partial charge is 0.477 e. The molecule has 0 aromatic carbocycles. The third-order valence-corrected chi connectivity index (χ3v) is 6.19. The zero-order valence-electron chi connectivity index (χ0n) is 10.6. The Kier molecular flexibility index (Phi) is 4.27. The first-order valence-electron chi connectivity index (χ1n) is 6.25. The molecule has 1 atom stereocenters. The lowest BCUT2D eigenvalue weighted by molar-refractivity contribution is 0.0698. The van der Waals surface area contributed by atoms with E-state index in [9.17, 15) is 13.2 Å². The van der Waals surface area contributed by atoms with Gasteiger partial charge < -0.3 is 5.11 Å². The Hall–Kier alpha value is -0.920. The molecule has 1 fully saturated rings. The molecule has 1 heterocycles. The molecule has 1 saturated carbocycles. The molecule has 2 N–H and O–H groups in total. The quantitative estimate of drug-likeness (QED) is 0.874. The Balaban J connectivity index is 2.17. The summed E-state index contributed by atoms with van der Waals surface area (Å²) >= 11 is 0.925. The predicted molar refractivity (Wildman–Crippen MR) is 73.0 cm³/mol. The monoisotopic (exact) mass is 303 g/mol. The van der Waals surface area contributed by atoms with Crippen molar-refractivity contribution < 1.29 is 18.3 Å². The standard InChI is InChI=1S/C12H17NO4S2/c1-8(9-4-2-3-5-9)13-19(16,17)10-6-7-18-11(10)12(14)15/h6-9,13H,2-5H2,1H3,(H,14,15)/t8-/m0/s1. The van der Waals surface area contributed by atoms with Gasteiger partial charge in [-0.2, -0.15) is 0 Å². The van der Waals surface area contributed by atoms with Crippen molar-refractivity contribution >= 4 is 27.3 Å². The molecule has 1 aliphatic carbocycles. The predicted octanol–water partition coefficient (Wildman–Crippen LogP) is 2.30. The molecule has 19 heavy (non-hydrogen) atoms. The summed E-state index contributed by atoms with van der Waals surface area (Å²) in [5, 5.41) is 10.5. The van der Waals surface area contributed by atoms with E-state index < -0.39 is 16.0 Å². The van der Waals surface area contributed by atoms with Gasteiger partial charge in [-0.05, 0) is 37.1 Å². The Bertz CT molecular complexity index is 558. The number of rotatable bonds is 5. The maximum atomic E-state index is 12.2. The van der Waals surface area contributed by atoms with E-state index in [1.165, 1.54) is 11.4 Å². The van der Waals surface area contributed by atoms with Gasteiger partial charge in [-0.3, -0.25) is 0 Å². The number of hydrogen-bond donors (Lipinski definition) is 2. The van der Waals surface area contributed by atoms with Crippen LogP contribution in [0.25, 0.3) is 0 Å². The van der Waals surface area contributed by atoms with Crippen LogP contribution in [0.5, 0.6) is 0 Å². The van der Waals surface area contributed by atoms with Gasteiger partial charge in [-0.15, -0.1) is 11.3 Å². The molecule has 1 aliphatic rings. The maximum absolute atomic E-state index is 12.2. The minimum absolute atomic E-state index is 0.130. The number of nitrogens with one attached hydrogen (secondary N) is 1. The molecular formula is C12H17NO4S2. The third kappa shape index (κ3) is 3.16. The number of hydrogen-bond acceptors (Lipinski definition) is 4. The molecule has 0 bridgehead atoms. The van der Waals surface area contributed by atoms with E-state index >= 15 is 0 Å². The molecule has 1 aromatic rings. The van der Waals surface area contributed by atoms with E-state index in [2.05, 4.69) is 4.72 Å². The number of carbonyl (C=O) groups is 1. The third-order valence-electron chi connectivity index (χ3n) is 3.56. The van der Waals surface area contributed by atoms with Crippen molar-refractivity contribution in [1.82, 2.24) is 4.72 Å². The van der Waals surface area contributed by atoms with Crippen LogP contribution in [-0.2, 0) is 10.0 Å². The zero-order valence-corrected chi connectivity index (χ0v) is 12.3. The highest BCUT2D eigenvalue weighted by Crippen LogP contribution is 2.29. The zero-order chi connectivity index (χ0) is 14.0. The molecule has 106 valence electrons. The minimum atomic E-state index is -3.75. The molecule has 0 unspecified atom stereocenters. The number of carboxylic acid groups (broad SMARTS) is 1. The van der Waals surface area contributed by atoms with E-state index in [1.54, 1.807) is 0 Å². The van der Waals surface area contributed by atoms with Gasteiger partial charge in [0.25, 0.3) is 0 Å². The lowest BCUT2D eigenvalue weighted by atomic mass is 10.0. The molecular weight excluding hydrogens is 286 g/mol. The van der Waals surface area contributed by atoms with Crippen molar-refractivity contribution in [2.24, 2.45) is 5.92 Å². The van der Waals surface area contributed by atoms with Crippen LogP contribution < -0.4 is 4.72 Å². The van der Waals surface area contributed by atoms with Crippen molar-refractivity contribution in [1.29, 1.82) is 0 Å². The lowest BCUT2D eigenvalue weighted by Crippen LogP contribution is -2.37. The van der Waals surface area contributed by atoms with Crippen LogP contribution in [0.4, 0.5) is 0 Å². The van der Waals surface area contributed by atoms with Crippen LogP contribution in [0.1, 0.15) is 42.3 Å². The van der Waals surface area contributed by atoms with Crippen LogP contribution in [0, 0.1) is 5.92 Å². The average molecular weight is 303 g/mol. The summed E-state index contributed by atoms with van der Waals surface area (Å²) < 4.78 is 27.0. The van der Waals surface area contributed by atoms with Gasteiger partial charge >= 0.3 is 5.97 Å². The number of sulfonamides is 1. The number of thiophene rings is 1. The van der Waals surface area contributed by atoms with E-state index in [0.717, 1.165) is 37.0 Å². The molecule has 2 rings (SSSR count). The second kappa shape index (κ2) is 5.60. The molecule has 0 radical (unpaired) electrons. The van der Waals surface area contributed by atoms with E-state index in [0.29, 0.717) is 5.92 Å². The van der Waals surface area contributed by atoms with Gasteiger partial charge in [0, 0.05) is 6.04 Å². The highest BCUT2D eigenvalue weighted by atomic mass is 32.2. The summed E-state index contributed by atoms with van der Waals surface area (Å²) in [6.45, 7) is 1.85. The topological polar surface area (TPSA) is 83.5 Å². The molecule has 0 aliphatic heterocycles. The second-order valence-electron chi connectivity index (χ2n) is 4.87. The molecule has 0 amide bonds. The molecule has 1 aromatic heterocycles. The van der Waals surface area contributed by atoms with Crippen molar-refractivity contribution in [2.75, 3.05) is 0 Å². The second-order valence-corrected chi connectivity index (χ2v) is 7.47. The first-order valence-corrected chi connectivity index (χ1v) is 8.61. The van der Waals surface area contributed by atoms with Crippen LogP contribution in [-0.4, -0.2) is 25.5 Å². The summed E-state index contributed by atoms with van der Waals surface area (Å²) in [6.07, 6.45) is 4.32. The summed E-state index contributed by atoms with van der Waals surface area (Å²) in [7, 11) is -3.75. The summed E-state index contributed by atoms with van der Waals surface area (Å²) in [5.41, 5.74) is 0. The lowest BCUT2D eigenvalue weighted by Gasteiger charge is -2.20. The van der Waals surface area contributed by atoms with Crippen LogP contribution in [0.15, 0.2) is 16.3 Å². The normalized spacial score (nSPS) is 18.6. The maximum Gasteiger partial charge on any atom is 0.347 e. The fraction of sp³-hybridized carbons (Fsp3) is 0.583. The van der Waals surface area contributed by atoms with Crippen LogP contribution in [0.3, 0.4) is 0 Å². The summed E-state index contributed by atoms with van der Waals surface area (Å²) in [5.74, 6) is -0.856. The van der Waals surface area contributed by atoms with Gasteiger partial charge in [0.1, 0.15) is 9.77 Å². The molecule has 0 saturated heterocycles. The van der Waals surface area contributed by atoms with Crippen LogP contribution in [0.2, 0.25) is 0 Å². The highest BCUT2D eigenvalue weighted by Gasteiger charge is 2.29. The van der Waals surface area contributed by atoms with Gasteiger partial charge in [-0.1, -0.05) is 12.8 Å². The van der Waals surface area contributed by atoms with Gasteiger partial charge in [0.05, 0.1) is 0 Å². The molecule has 0 spiro atoms. The SMILES string of the molecule is C[C@H](NS(=O)(=O)c1ccsc1C(=O)O)C1CCCC1. The van der Waals surface area contributed by atoms with Gasteiger partial charge in [0.2, 0.25) is 10.0 Å². The Morgan fingerprint density at radius 2 is 2.11 bits per heavy atom. The highest BCUT2D eigenvalue weighted by molar-refractivity contribution is 7.89. The number of carboxylic acids is 1. The van der Waals surface area contributed by atoms with Crippen molar-refractivity contribution in [3.63, 3.8) is 0 Å². The molecule has 7 heteroatoms. The van der Waals surface area contributed by atoms with E-state index in [-0.39, 0.29) is 15.8 Å². The summed E-state index contributed by atoms with van der Waals surface area (Å²) in [6, 6.07) is 1.19. The first kappa shape index (κ1) is 14.5. The Labute approximate surface area is 116 Å². The summed E-state index contributed by atoms with van der Waals surface area (Å²) in [4.78, 5) is 10.7. The van der Waals surface area contributed by atoms with Gasteiger partial charge in [-0.25, -0.2) is 17.9 Å². The average Bonchev–Trinajstić information content (AvgIpc) is 3.00. The Morgan fingerprint density at radius 3 is 2.68 bits per heavy atom. The van der Waals surface area contributed by atoms with E-state index in [1.807, 2.05) is 6.92 Å². The Morgan fingerprint density at radius 1 is 1.47 bits per heavy atom. The van der Waals surface area contributed by atoms with Crippen molar-refractivity contribution in [3.05, 3.63) is 16.3 Å². The minimum Gasteiger partial charge on any atom is -0.477 e. The van der Waals surface area contributed by atoms with Gasteiger partial charge in [0.15, 0.2) is 0 Å². The first-order chi connectivity index (χ1) is 8.92. The fourth-order valence-electron chi connectivity index (χ4n) is 2.53. The van der Waals surface area contributed by atoms with Crippen LogP contribution >= 0.6 is 11.3 Å². The van der Waals surface area contributed by atoms with E-state index in [4.69, 9.17) is 5.11 Å². The smallest absolute Gasteiger partial charge is 0.347 e.